The molecule has 2 aromatic rings. The van der Waals surface area contributed by atoms with E-state index in [1.54, 1.807) is 29.2 Å². The van der Waals surface area contributed by atoms with Crippen LogP contribution >= 0.6 is 0 Å². The summed E-state index contributed by atoms with van der Waals surface area (Å²) in [6, 6.07) is 12.8. The fraction of sp³-hybridized carbons (Fsp3) is 0.333. The third kappa shape index (κ3) is 4.65. The molecule has 0 atom stereocenters. The summed E-state index contributed by atoms with van der Waals surface area (Å²) in [6.45, 7) is 5.90. The van der Waals surface area contributed by atoms with E-state index in [1.807, 2.05) is 32.0 Å². The average Bonchev–Trinajstić information content (AvgIpc) is 2.69. The van der Waals surface area contributed by atoms with Crippen molar-refractivity contribution in [2.45, 2.75) is 13.8 Å². The zero-order chi connectivity index (χ0) is 19.2. The molecule has 1 fully saturated rings. The monoisotopic (exact) mass is 368 g/mol. The Bertz CT molecular complexity index is 808. The van der Waals surface area contributed by atoms with Crippen LogP contribution in [0.4, 0.5) is 5.69 Å². The van der Waals surface area contributed by atoms with Crippen LogP contribution in [0.3, 0.4) is 0 Å². The van der Waals surface area contributed by atoms with Crippen LogP contribution in [0.2, 0.25) is 0 Å². The zero-order valence-corrected chi connectivity index (χ0v) is 15.7. The van der Waals surface area contributed by atoms with Crippen LogP contribution in [0.5, 0.6) is 5.75 Å². The van der Waals surface area contributed by atoms with E-state index in [2.05, 4.69) is 5.32 Å². The van der Waals surface area contributed by atoms with Crippen LogP contribution in [0, 0.1) is 13.8 Å². The van der Waals surface area contributed by atoms with Crippen molar-refractivity contribution in [2.24, 2.45) is 0 Å². The summed E-state index contributed by atoms with van der Waals surface area (Å²) < 4.78 is 11.0. The second-order valence-corrected chi connectivity index (χ2v) is 6.50. The molecule has 0 radical (unpaired) electrons. The number of nitrogens with zero attached hydrogens (tertiary/aromatic N) is 1. The molecule has 1 N–H and O–H groups in total. The maximum absolute atomic E-state index is 12.7. The predicted octanol–water partition coefficient (Wildman–Crippen LogP) is 2.79. The lowest BCUT2D eigenvalue weighted by atomic mass is 10.1. The summed E-state index contributed by atoms with van der Waals surface area (Å²) in [4.78, 5) is 26.8. The van der Waals surface area contributed by atoms with Gasteiger partial charge in [0.25, 0.3) is 11.8 Å². The Morgan fingerprint density at radius 1 is 1.04 bits per heavy atom. The summed E-state index contributed by atoms with van der Waals surface area (Å²) in [7, 11) is 0. The van der Waals surface area contributed by atoms with Gasteiger partial charge in [-0.2, -0.15) is 0 Å². The predicted molar refractivity (Wildman–Crippen MR) is 103 cm³/mol. The molecule has 27 heavy (non-hydrogen) atoms. The molecule has 0 bridgehead atoms. The van der Waals surface area contributed by atoms with Gasteiger partial charge in [0.2, 0.25) is 0 Å². The first kappa shape index (κ1) is 18.9. The Kier molecular flexibility index (Phi) is 6.08. The van der Waals surface area contributed by atoms with E-state index < -0.39 is 0 Å². The molecule has 0 spiro atoms. The number of benzene rings is 2. The fourth-order valence-electron chi connectivity index (χ4n) is 3.04. The van der Waals surface area contributed by atoms with Crippen molar-refractivity contribution in [3.63, 3.8) is 0 Å². The van der Waals surface area contributed by atoms with Gasteiger partial charge in [-0.3, -0.25) is 9.59 Å². The lowest BCUT2D eigenvalue weighted by Gasteiger charge is -2.27. The summed E-state index contributed by atoms with van der Waals surface area (Å²) in [5, 5.41) is 2.88. The van der Waals surface area contributed by atoms with E-state index in [0.29, 0.717) is 37.6 Å². The van der Waals surface area contributed by atoms with E-state index in [1.165, 1.54) is 0 Å². The van der Waals surface area contributed by atoms with Gasteiger partial charge in [0.1, 0.15) is 5.75 Å². The SMILES string of the molecule is Cc1cccc(C)c1NC(=O)COc1ccccc1C(=O)N1CCOCC1. The first-order valence-corrected chi connectivity index (χ1v) is 9.01. The number of nitrogens with one attached hydrogen (secondary N) is 1. The lowest BCUT2D eigenvalue weighted by molar-refractivity contribution is -0.118. The van der Waals surface area contributed by atoms with Gasteiger partial charge in [0, 0.05) is 18.8 Å². The number of hydrogen-bond acceptors (Lipinski definition) is 4. The molecule has 1 saturated heterocycles. The molecule has 0 aromatic heterocycles. The van der Waals surface area contributed by atoms with Crippen molar-refractivity contribution in [1.29, 1.82) is 0 Å². The maximum atomic E-state index is 12.7. The van der Waals surface area contributed by atoms with Crippen LogP contribution in [0.15, 0.2) is 42.5 Å². The Balaban J connectivity index is 1.66. The molecule has 3 rings (SSSR count). The minimum Gasteiger partial charge on any atom is -0.483 e. The molecule has 6 nitrogen and oxygen atoms in total. The van der Waals surface area contributed by atoms with Gasteiger partial charge < -0.3 is 19.7 Å². The van der Waals surface area contributed by atoms with Crippen LogP contribution in [0.25, 0.3) is 0 Å². The number of para-hydroxylation sites is 2. The molecule has 0 aliphatic carbocycles. The van der Waals surface area contributed by atoms with E-state index in [-0.39, 0.29) is 18.4 Å². The van der Waals surface area contributed by atoms with Gasteiger partial charge in [0.05, 0.1) is 18.8 Å². The van der Waals surface area contributed by atoms with Gasteiger partial charge in [-0.15, -0.1) is 0 Å². The molecule has 2 aromatic carbocycles. The van der Waals surface area contributed by atoms with Gasteiger partial charge in [0.15, 0.2) is 6.61 Å². The molecule has 1 aliphatic rings. The molecule has 142 valence electrons. The Hall–Kier alpha value is -2.86. The molecule has 0 saturated carbocycles. The van der Waals surface area contributed by atoms with E-state index in [0.717, 1.165) is 16.8 Å². The van der Waals surface area contributed by atoms with Gasteiger partial charge in [-0.25, -0.2) is 0 Å². The number of carbonyl (C=O) groups excluding carboxylic acids is 2. The number of anilines is 1. The summed E-state index contributed by atoms with van der Waals surface area (Å²) >= 11 is 0. The smallest absolute Gasteiger partial charge is 0.262 e. The van der Waals surface area contributed by atoms with Crippen LogP contribution < -0.4 is 10.1 Å². The minimum absolute atomic E-state index is 0.107. The van der Waals surface area contributed by atoms with Gasteiger partial charge in [-0.1, -0.05) is 30.3 Å². The number of hydrogen-bond donors (Lipinski definition) is 1. The first-order valence-electron chi connectivity index (χ1n) is 9.01. The third-order valence-electron chi connectivity index (χ3n) is 4.52. The fourth-order valence-corrected chi connectivity index (χ4v) is 3.04. The van der Waals surface area contributed by atoms with Crippen molar-refractivity contribution in [1.82, 2.24) is 4.90 Å². The second-order valence-electron chi connectivity index (χ2n) is 6.50. The summed E-state index contributed by atoms with van der Waals surface area (Å²) in [5.41, 5.74) is 3.24. The molecular weight excluding hydrogens is 344 g/mol. The maximum Gasteiger partial charge on any atom is 0.262 e. The summed E-state index contributed by atoms with van der Waals surface area (Å²) in [5.74, 6) is 0.0377. The van der Waals surface area contributed by atoms with Crippen molar-refractivity contribution in [2.75, 3.05) is 38.2 Å². The van der Waals surface area contributed by atoms with Gasteiger partial charge in [-0.05, 0) is 37.1 Å². The molecular formula is C21H24N2O4. The third-order valence-corrected chi connectivity index (χ3v) is 4.52. The van der Waals surface area contributed by atoms with Crippen molar-refractivity contribution >= 4 is 17.5 Å². The highest BCUT2D eigenvalue weighted by atomic mass is 16.5. The average molecular weight is 368 g/mol. The van der Waals surface area contributed by atoms with Crippen LogP contribution in [0.1, 0.15) is 21.5 Å². The highest BCUT2D eigenvalue weighted by molar-refractivity contribution is 5.97. The lowest BCUT2D eigenvalue weighted by Crippen LogP contribution is -2.40. The molecule has 1 aliphatic heterocycles. The first-order chi connectivity index (χ1) is 13.1. The number of morpholine rings is 1. The number of rotatable bonds is 5. The van der Waals surface area contributed by atoms with E-state index in [4.69, 9.17) is 9.47 Å². The molecule has 6 heteroatoms. The van der Waals surface area contributed by atoms with E-state index >= 15 is 0 Å². The number of amides is 2. The van der Waals surface area contributed by atoms with E-state index in [9.17, 15) is 9.59 Å². The highest BCUT2D eigenvalue weighted by Gasteiger charge is 2.21. The zero-order valence-electron chi connectivity index (χ0n) is 15.7. The van der Waals surface area contributed by atoms with Gasteiger partial charge >= 0.3 is 0 Å². The largest absolute Gasteiger partial charge is 0.483 e. The summed E-state index contributed by atoms with van der Waals surface area (Å²) in [6.07, 6.45) is 0. The van der Waals surface area contributed by atoms with Crippen LogP contribution in [-0.4, -0.2) is 49.6 Å². The molecule has 2 amide bonds. The van der Waals surface area contributed by atoms with Crippen LogP contribution in [-0.2, 0) is 9.53 Å². The topological polar surface area (TPSA) is 67.9 Å². The Morgan fingerprint density at radius 3 is 2.41 bits per heavy atom. The standard InChI is InChI=1S/C21H24N2O4/c1-15-6-5-7-16(2)20(15)22-19(24)14-27-18-9-4-3-8-17(18)21(25)23-10-12-26-13-11-23/h3-9H,10-14H2,1-2H3,(H,22,24). The van der Waals surface area contributed by atoms with Crippen molar-refractivity contribution in [3.05, 3.63) is 59.2 Å². The van der Waals surface area contributed by atoms with Crippen molar-refractivity contribution < 1.29 is 19.1 Å². The Morgan fingerprint density at radius 2 is 1.70 bits per heavy atom. The minimum atomic E-state index is -0.263. The number of aryl methyl sites for hydroxylation is 2. The molecule has 0 unspecified atom stereocenters. The number of carbonyl (C=O) groups is 2. The van der Waals surface area contributed by atoms with Crippen molar-refractivity contribution in [3.8, 4) is 5.75 Å². The normalized spacial score (nSPS) is 13.9. The Labute approximate surface area is 159 Å². The molecule has 1 heterocycles. The quantitative estimate of drug-likeness (QED) is 0.881. The highest BCUT2D eigenvalue weighted by Crippen LogP contribution is 2.22. The number of ether oxygens (including phenoxy) is 2. The second kappa shape index (κ2) is 8.68.